The fourth-order valence-corrected chi connectivity index (χ4v) is 2.78. The molecule has 9 heteroatoms. The first-order valence-electron chi connectivity index (χ1n) is 8.70. The number of aryl methyl sites for hydroxylation is 1. The minimum atomic E-state index is -0.274. The van der Waals surface area contributed by atoms with Crippen LogP contribution < -0.4 is 10.6 Å². The van der Waals surface area contributed by atoms with Gasteiger partial charge in [-0.1, -0.05) is 18.7 Å². The molecule has 0 saturated carbocycles. The average Bonchev–Trinajstić information content (AvgIpc) is 3.36. The molecule has 0 spiro atoms. The van der Waals surface area contributed by atoms with Gasteiger partial charge in [-0.15, -0.1) is 0 Å². The molecule has 0 aliphatic heterocycles. The molecule has 0 atom stereocenters. The van der Waals surface area contributed by atoms with Crippen molar-refractivity contribution >= 4 is 34.3 Å². The number of rotatable bonds is 6. The van der Waals surface area contributed by atoms with Crippen molar-refractivity contribution in [3.05, 3.63) is 55.5 Å². The van der Waals surface area contributed by atoms with Crippen LogP contribution in [0.3, 0.4) is 0 Å². The van der Waals surface area contributed by atoms with Crippen LogP contribution >= 0.6 is 0 Å². The zero-order valence-electron chi connectivity index (χ0n) is 15.2. The van der Waals surface area contributed by atoms with Crippen molar-refractivity contribution in [3.8, 4) is 11.3 Å². The number of benzene rings is 1. The summed E-state index contributed by atoms with van der Waals surface area (Å²) in [6, 6.07) is 7.41. The van der Waals surface area contributed by atoms with E-state index in [1.165, 1.54) is 6.08 Å². The fraction of sp³-hybridized carbons (Fsp3) is 0.105. The first kappa shape index (κ1) is 17.4. The molecule has 4 aromatic rings. The van der Waals surface area contributed by atoms with Gasteiger partial charge in [0.1, 0.15) is 0 Å². The second-order valence-corrected chi connectivity index (χ2v) is 6.01. The third-order valence-corrected chi connectivity index (χ3v) is 4.11. The number of carbonyl (C=O) groups is 1. The Labute approximate surface area is 160 Å². The number of nitrogens with one attached hydrogen (secondary N) is 3. The number of anilines is 3. The van der Waals surface area contributed by atoms with Crippen molar-refractivity contribution in [3.63, 3.8) is 0 Å². The summed E-state index contributed by atoms with van der Waals surface area (Å²) in [6.45, 7) is 6.26. The number of carbonyl (C=O) groups excluding carboxylic acids is 1. The minimum Gasteiger partial charge on any atom is -0.323 e. The van der Waals surface area contributed by atoms with Crippen molar-refractivity contribution in [1.29, 1.82) is 0 Å². The Kier molecular flexibility index (Phi) is 4.55. The van der Waals surface area contributed by atoms with Crippen LogP contribution in [-0.4, -0.2) is 35.9 Å². The van der Waals surface area contributed by atoms with E-state index in [1.54, 1.807) is 18.5 Å². The first-order valence-corrected chi connectivity index (χ1v) is 8.70. The summed E-state index contributed by atoms with van der Waals surface area (Å²) in [7, 11) is 0. The van der Waals surface area contributed by atoms with Gasteiger partial charge in [-0.05, 0) is 25.1 Å². The van der Waals surface area contributed by atoms with E-state index < -0.39 is 0 Å². The minimum absolute atomic E-state index is 0.274. The van der Waals surface area contributed by atoms with Crippen LogP contribution in [0.25, 0.3) is 22.3 Å². The molecule has 0 fully saturated rings. The normalized spacial score (nSPS) is 10.8. The number of amides is 1. The van der Waals surface area contributed by atoms with Crippen molar-refractivity contribution < 1.29 is 4.79 Å². The van der Waals surface area contributed by atoms with Gasteiger partial charge in [-0.3, -0.25) is 14.6 Å². The maximum Gasteiger partial charge on any atom is 0.247 e. The summed E-state index contributed by atoms with van der Waals surface area (Å²) in [6.07, 6.45) is 6.50. The molecule has 0 radical (unpaired) electrons. The van der Waals surface area contributed by atoms with Gasteiger partial charge in [0.05, 0.1) is 29.2 Å². The highest BCUT2D eigenvalue weighted by Gasteiger charge is 2.13. The quantitative estimate of drug-likeness (QED) is 0.447. The zero-order valence-corrected chi connectivity index (χ0v) is 15.2. The highest BCUT2D eigenvalue weighted by Crippen LogP contribution is 2.28. The molecular weight excluding hydrogens is 356 g/mol. The molecule has 1 amide bonds. The van der Waals surface area contributed by atoms with Gasteiger partial charge < -0.3 is 10.6 Å². The summed E-state index contributed by atoms with van der Waals surface area (Å²) in [5.41, 5.74) is 3.56. The lowest BCUT2D eigenvalue weighted by molar-refractivity contribution is -0.111. The lowest BCUT2D eigenvalue weighted by atomic mass is 10.1. The van der Waals surface area contributed by atoms with Crippen molar-refractivity contribution in [2.24, 2.45) is 0 Å². The Bertz CT molecular complexity index is 1160. The Hall–Kier alpha value is -4.01. The number of fused-ring (bicyclic) bond motifs is 1. The molecule has 3 heterocycles. The molecule has 3 N–H and O–H groups in total. The Morgan fingerprint density at radius 2 is 2.18 bits per heavy atom. The largest absolute Gasteiger partial charge is 0.323 e. The van der Waals surface area contributed by atoms with Gasteiger partial charge in [0.25, 0.3) is 0 Å². The van der Waals surface area contributed by atoms with Gasteiger partial charge >= 0.3 is 0 Å². The molecule has 28 heavy (non-hydrogen) atoms. The lowest BCUT2D eigenvalue weighted by Gasteiger charge is -2.09. The lowest BCUT2D eigenvalue weighted by Crippen LogP contribution is -2.07. The smallest absolute Gasteiger partial charge is 0.247 e. The summed E-state index contributed by atoms with van der Waals surface area (Å²) in [5, 5.41) is 17.9. The molecule has 3 aromatic heterocycles. The third kappa shape index (κ3) is 3.45. The summed E-state index contributed by atoms with van der Waals surface area (Å²) < 4.78 is 1.81. The van der Waals surface area contributed by atoms with E-state index in [9.17, 15) is 4.79 Å². The Morgan fingerprint density at radius 3 is 2.96 bits per heavy atom. The SMILES string of the molecule is C=CC(=O)Nc1cccc(-c2nc(Nc3cnn(CC)c3)nc3[nH]ncc23)c1. The van der Waals surface area contributed by atoms with Crippen LogP contribution in [0.4, 0.5) is 17.3 Å². The van der Waals surface area contributed by atoms with E-state index in [4.69, 9.17) is 0 Å². The molecule has 1 aromatic carbocycles. The molecule has 140 valence electrons. The highest BCUT2D eigenvalue weighted by molar-refractivity contribution is 5.99. The number of hydrogen-bond donors (Lipinski definition) is 3. The number of aromatic nitrogens is 6. The maximum atomic E-state index is 11.6. The molecule has 0 aliphatic rings. The molecular formula is C19H18N8O. The monoisotopic (exact) mass is 374 g/mol. The van der Waals surface area contributed by atoms with Gasteiger partial charge in [-0.25, -0.2) is 4.98 Å². The topological polar surface area (TPSA) is 113 Å². The van der Waals surface area contributed by atoms with E-state index in [0.717, 1.165) is 23.2 Å². The summed E-state index contributed by atoms with van der Waals surface area (Å²) in [4.78, 5) is 20.7. The van der Waals surface area contributed by atoms with Gasteiger partial charge in [0, 0.05) is 24.0 Å². The van der Waals surface area contributed by atoms with Crippen LogP contribution in [0.1, 0.15) is 6.92 Å². The summed E-state index contributed by atoms with van der Waals surface area (Å²) >= 11 is 0. The van der Waals surface area contributed by atoms with E-state index in [0.29, 0.717) is 23.0 Å². The van der Waals surface area contributed by atoms with E-state index >= 15 is 0 Å². The number of aromatic amines is 1. The van der Waals surface area contributed by atoms with Gasteiger partial charge in [0.2, 0.25) is 11.9 Å². The van der Waals surface area contributed by atoms with Crippen LogP contribution in [-0.2, 0) is 11.3 Å². The van der Waals surface area contributed by atoms with Crippen LogP contribution in [0.2, 0.25) is 0 Å². The van der Waals surface area contributed by atoms with E-state index in [1.807, 2.05) is 36.0 Å². The number of nitrogens with zero attached hydrogens (tertiary/aromatic N) is 5. The Morgan fingerprint density at radius 1 is 1.29 bits per heavy atom. The number of hydrogen-bond acceptors (Lipinski definition) is 6. The maximum absolute atomic E-state index is 11.6. The molecule has 9 nitrogen and oxygen atoms in total. The van der Waals surface area contributed by atoms with Crippen molar-refractivity contribution in [1.82, 2.24) is 29.9 Å². The molecule has 0 unspecified atom stereocenters. The predicted octanol–water partition coefficient (Wildman–Crippen LogP) is 3.10. The Balaban J connectivity index is 1.74. The molecule has 0 aliphatic carbocycles. The predicted molar refractivity (Wildman–Crippen MR) is 107 cm³/mol. The van der Waals surface area contributed by atoms with E-state index in [2.05, 4.69) is 42.5 Å². The second-order valence-electron chi connectivity index (χ2n) is 6.01. The molecule has 4 rings (SSSR count). The van der Waals surface area contributed by atoms with Crippen molar-refractivity contribution in [2.75, 3.05) is 10.6 Å². The highest BCUT2D eigenvalue weighted by atomic mass is 16.1. The van der Waals surface area contributed by atoms with Crippen molar-refractivity contribution in [2.45, 2.75) is 13.5 Å². The summed E-state index contributed by atoms with van der Waals surface area (Å²) in [5.74, 6) is 0.145. The van der Waals surface area contributed by atoms with Gasteiger partial charge in [0.15, 0.2) is 5.65 Å². The van der Waals surface area contributed by atoms with Crippen LogP contribution in [0, 0.1) is 0 Å². The fourth-order valence-electron chi connectivity index (χ4n) is 2.78. The van der Waals surface area contributed by atoms with Crippen LogP contribution in [0.15, 0.2) is 55.5 Å². The second kappa shape index (κ2) is 7.31. The zero-order chi connectivity index (χ0) is 19.5. The van der Waals surface area contributed by atoms with Gasteiger partial charge in [-0.2, -0.15) is 15.2 Å². The molecule has 0 bridgehead atoms. The van der Waals surface area contributed by atoms with Crippen LogP contribution in [0.5, 0.6) is 0 Å². The average molecular weight is 374 g/mol. The first-order chi connectivity index (χ1) is 13.7. The molecule has 0 saturated heterocycles. The standard InChI is InChI=1S/C19H18N8O/c1-3-16(28)22-13-7-5-6-12(8-13)17-15-10-20-26-18(15)25-19(24-17)23-14-9-21-27(4-2)11-14/h3,5-11H,1,4H2,2H3,(H,22,28)(H2,20,23,24,25,26). The third-order valence-electron chi connectivity index (χ3n) is 4.11. The van der Waals surface area contributed by atoms with E-state index in [-0.39, 0.29) is 5.91 Å². The number of H-pyrrole nitrogens is 1.